The summed E-state index contributed by atoms with van der Waals surface area (Å²) in [6.07, 6.45) is 12.0. The zero-order chi connectivity index (χ0) is 35.7. The van der Waals surface area contributed by atoms with Crippen LogP contribution in [0.4, 0.5) is 0 Å². The Hall–Kier alpha value is -6.39. The van der Waals surface area contributed by atoms with Crippen LogP contribution in [-0.4, -0.2) is 27.6 Å². The van der Waals surface area contributed by atoms with Gasteiger partial charge >= 0.3 is 0 Å². The van der Waals surface area contributed by atoms with Gasteiger partial charge in [-0.25, -0.2) is 9.97 Å². The molecule has 1 aliphatic heterocycles. The number of aryl methyl sites for hydroxylation is 1. The average Bonchev–Trinajstić information content (AvgIpc) is 3.24. The van der Waals surface area contributed by atoms with Crippen LogP contribution in [-0.2, 0) is 6.42 Å². The van der Waals surface area contributed by atoms with Gasteiger partial charge in [0, 0.05) is 34.6 Å². The summed E-state index contributed by atoms with van der Waals surface area (Å²) in [5, 5.41) is 2.25. The average molecular weight is 685 g/mol. The number of allylic oxidation sites excluding steroid dienone is 5. The molecule has 0 amide bonds. The van der Waals surface area contributed by atoms with Crippen LogP contribution in [0.3, 0.4) is 0 Å². The predicted octanol–water partition coefficient (Wildman–Crippen LogP) is 11.9. The summed E-state index contributed by atoms with van der Waals surface area (Å²) >= 11 is 0. The highest BCUT2D eigenvalue weighted by Crippen LogP contribution is 2.37. The SMILES string of the molecule is CCc1cc(-c2ccc(C3N=C(c4ccccc4)C=C(c4ccc(C5=CCCC=C5)cc4)N3C)cc2)nc2c1ccc1ccc(-c3ccccc3)nc12. The van der Waals surface area contributed by atoms with Crippen molar-refractivity contribution in [2.45, 2.75) is 32.4 Å². The topological polar surface area (TPSA) is 41.4 Å². The van der Waals surface area contributed by atoms with Crippen molar-refractivity contribution in [1.29, 1.82) is 0 Å². The molecule has 2 aliphatic rings. The Morgan fingerprint density at radius 1 is 0.623 bits per heavy atom. The van der Waals surface area contributed by atoms with E-state index in [2.05, 4.69) is 177 Å². The van der Waals surface area contributed by atoms with Gasteiger partial charge in [0.1, 0.15) is 6.17 Å². The van der Waals surface area contributed by atoms with Gasteiger partial charge in [0.2, 0.25) is 0 Å². The number of aliphatic imine (C=N–C) groups is 1. The number of nitrogens with zero attached hydrogens (tertiary/aromatic N) is 4. The maximum atomic E-state index is 5.33. The Bertz CT molecular complexity index is 2580. The molecule has 53 heavy (non-hydrogen) atoms. The van der Waals surface area contributed by atoms with E-state index in [9.17, 15) is 0 Å². The molecule has 0 bridgehead atoms. The molecule has 1 aliphatic carbocycles. The highest BCUT2D eigenvalue weighted by Gasteiger charge is 2.25. The Morgan fingerprint density at radius 2 is 1.28 bits per heavy atom. The Labute approximate surface area is 311 Å². The van der Waals surface area contributed by atoms with E-state index in [0.29, 0.717) is 0 Å². The summed E-state index contributed by atoms with van der Waals surface area (Å²) < 4.78 is 0. The number of hydrogen-bond acceptors (Lipinski definition) is 4. The molecule has 4 nitrogen and oxygen atoms in total. The van der Waals surface area contributed by atoms with Crippen LogP contribution in [0.25, 0.3) is 55.6 Å². The van der Waals surface area contributed by atoms with E-state index in [1.807, 2.05) is 6.07 Å². The zero-order valence-electron chi connectivity index (χ0n) is 30.1. The molecule has 9 rings (SSSR count). The molecule has 1 unspecified atom stereocenters. The summed E-state index contributed by atoms with van der Waals surface area (Å²) in [6.45, 7) is 2.21. The molecule has 2 aromatic heterocycles. The molecule has 4 heteroatoms. The minimum absolute atomic E-state index is 0.191. The molecule has 256 valence electrons. The van der Waals surface area contributed by atoms with Crippen LogP contribution in [0, 0.1) is 0 Å². The van der Waals surface area contributed by atoms with Crippen molar-refractivity contribution in [3.63, 3.8) is 0 Å². The van der Waals surface area contributed by atoms with Gasteiger partial charge in [0.15, 0.2) is 0 Å². The molecule has 1 atom stereocenters. The first kappa shape index (κ1) is 32.5. The third-order valence-corrected chi connectivity index (χ3v) is 10.5. The minimum atomic E-state index is -0.191. The summed E-state index contributed by atoms with van der Waals surface area (Å²) in [5.41, 5.74) is 15.3. The van der Waals surface area contributed by atoms with E-state index in [4.69, 9.17) is 15.0 Å². The third-order valence-electron chi connectivity index (χ3n) is 10.5. The fourth-order valence-electron chi connectivity index (χ4n) is 7.61. The van der Waals surface area contributed by atoms with Crippen molar-refractivity contribution in [2.75, 3.05) is 7.05 Å². The second kappa shape index (κ2) is 14.0. The summed E-state index contributed by atoms with van der Waals surface area (Å²) in [4.78, 5) is 18.1. The Balaban J connectivity index is 1.08. The van der Waals surface area contributed by atoms with E-state index in [0.717, 1.165) is 86.1 Å². The van der Waals surface area contributed by atoms with Crippen molar-refractivity contribution < 1.29 is 0 Å². The molecule has 0 radical (unpaired) electrons. The van der Waals surface area contributed by atoms with Crippen molar-refractivity contribution in [2.24, 2.45) is 4.99 Å². The molecule has 5 aromatic carbocycles. The van der Waals surface area contributed by atoms with Gasteiger partial charge in [0.25, 0.3) is 0 Å². The van der Waals surface area contributed by atoms with Gasteiger partial charge in [0.05, 0.1) is 28.1 Å². The molecular formula is C49H40N4. The van der Waals surface area contributed by atoms with Gasteiger partial charge in [-0.3, -0.25) is 4.99 Å². The minimum Gasteiger partial charge on any atom is -0.349 e. The van der Waals surface area contributed by atoms with Gasteiger partial charge in [-0.15, -0.1) is 0 Å². The van der Waals surface area contributed by atoms with E-state index in [1.165, 1.54) is 22.3 Å². The smallest absolute Gasteiger partial charge is 0.147 e. The number of hydrogen-bond donors (Lipinski definition) is 0. The van der Waals surface area contributed by atoms with Crippen LogP contribution < -0.4 is 0 Å². The molecule has 0 fully saturated rings. The molecule has 0 spiro atoms. The highest BCUT2D eigenvalue weighted by atomic mass is 15.2. The van der Waals surface area contributed by atoms with E-state index < -0.39 is 0 Å². The fourth-order valence-corrected chi connectivity index (χ4v) is 7.61. The van der Waals surface area contributed by atoms with Crippen molar-refractivity contribution in [3.05, 3.63) is 192 Å². The largest absolute Gasteiger partial charge is 0.349 e. The first-order chi connectivity index (χ1) is 26.1. The number of fused-ring (bicyclic) bond motifs is 3. The first-order valence-corrected chi connectivity index (χ1v) is 18.6. The van der Waals surface area contributed by atoms with Crippen LogP contribution >= 0.6 is 0 Å². The van der Waals surface area contributed by atoms with Crippen LogP contribution in [0.1, 0.15) is 53.7 Å². The second-order valence-corrected chi connectivity index (χ2v) is 13.8. The maximum absolute atomic E-state index is 5.33. The van der Waals surface area contributed by atoms with E-state index >= 15 is 0 Å². The zero-order valence-corrected chi connectivity index (χ0v) is 30.1. The lowest BCUT2D eigenvalue weighted by atomic mass is 9.96. The van der Waals surface area contributed by atoms with Crippen molar-refractivity contribution >= 4 is 38.8 Å². The number of aromatic nitrogens is 2. The molecule has 0 saturated heterocycles. The summed E-state index contributed by atoms with van der Waals surface area (Å²) in [7, 11) is 2.15. The lowest BCUT2D eigenvalue weighted by Gasteiger charge is -2.34. The number of benzene rings is 5. The molecule has 0 saturated carbocycles. The van der Waals surface area contributed by atoms with Gasteiger partial charge in [-0.2, -0.15) is 0 Å². The highest BCUT2D eigenvalue weighted by molar-refractivity contribution is 6.13. The second-order valence-electron chi connectivity index (χ2n) is 13.8. The predicted molar refractivity (Wildman–Crippen MR) is 222 cm³/mol. The molecule has 3 heterocycles. The number of pyridine rings is 2. The van der Waals surface area contributed by atoms with Gasteiger partial charge in [-0.1, -0.05) is 153 Å². The normalized spacial score (nSPS) is 15.7. The molecular weight excluding hydrogens is 645 g/mol. The standard InChI is InChI=1S/C49H40N4/c1-3-33-31-44(51-48-42(33)29-27-40-28-30-43(50-47(40)48)36-15-9-5-10-16-36)38-21-25-41(26-22-38)49-52-45(37-17-11-6-12-18-37)32-46(53(49)2)39-23-19-35(20-24-39)34-13-7-4-8-14-34/h5-7,9-32,49H,3-4,8H2,1-2H3. The fraction of sp³-hybridized carbons (Fsp3) is 0.122. The third kappa shape index (κ3) is 6.27. The first-order valence-electron chi connectivity index (χ1n) is 18.6. The lowest BCUT2D eigenvalue weighted by Crippen LogP contribution is -2.27. The van der Waals surface area contributed by atoms with E-state index in [-0.39, 0.29) is 6.17 Å². The molecule has 0 N–H and O–H groups in total. The quantitative estimate of drug-likeness (QED) is 0.157. The van der Waals surface area contributed by atoms with Gasteiger partial charge in [-0.05, 0) is 70.9 Å². The van der Waals surface area contributed by atoms with Crippen molar-refractivity contribution in [1.82, 2.24) is 14.9 Å². The molecule has 7 aromatic rings. The number of rotatable bonds is 7. The summed E-state index contributed by atoms with van der Waals surface area (Å²) in [6, 6.07) is 49.5. The Kier molecular flexibility index (Phi) is 8.57. The maximum Gasteiger partial charge on any atom is 0.147 e. The lowest BCUT2D eigenvalue weighted by molar-refractivity contribution is 0.364. The van der Waals surface area contributed by atoms with E-state index in [1.54, 1.807) is 0 Å². The Morgan fingerprint density at radius 3 is 2.00 bits per heavy atom. The monoisotopic (exact) mass is 684 g/mol. The van der Waals surface area contributed by atoms with Crippen molar-refractivity contribution in [3.8, 4) is 22.5 Å². The summed E-state index contributed by atoms with van der Waals surface area (Å²) in [5.74, 6) is 0. The van der Waals surface area contributed by atoms with Crippen LogP contribution in [0.15, 0.2) is 169 Å². The van der Waals surface area contributed by atoms with Gasteiger partial charge < -0.3 is 4.90 Å². The van der Waals surface area contributed by atoms with Crippen LogP contribution in [0.5, 0.6) is 0 Å². The van der Waals surface area contributed by atoms with Crippen LogP contribution in [0.2, 0.25) is 0 Å².